The molecule has 1 unspecified atom stereocenters. The molecule has 0 aliphatic rings. The molecule has 80 valence electrons. The van der Waals surface area contributed by atoms with E-state index in [-0.39, 0.29) is 0 Å². The Kier molecular flexibility index (Phi) is 6.35. The van der Waals surface area contributed by atoms with E-state index in [2.05, 4.69) is 46.6 Å². The Balaban J connectivity index is 3.51. The molecule has 0 aromatic heterocycles. The van der Waals surface area contributed by atoms with Crippen LogP contribution in [0.5, 0.6) is 0 Å². The molecule has 0 bridgehead atoms. The monoisotopic (exact) mass is 187 g/mol. The minimum atomic E-state index is 0.347. The van der Waals surface area contributed by atoms with Gasteiger partial charge in [0.05, 0.1) is 12.2 Å². The van der Waals surface area contributed by atoms with Crippen LogP contribution in [0, 0.1) is 0 Å². The van der Waals surface area contributed by atoms with Crippen LogP contribution in [-0.2, 0) is 4.74 Å². The van der Waals surface area contributed by atoms with E-state index in [1.807, 2.05) is 0 Å². The van der Waals surface area contributed by atoms with Crippen LogP contribution >= 0.6 is 0 Å². The summed E-state index contributed by atoms with van der Waals surface area (Å²) < 4.78 is 5.65. The van der Waals surface area contributed by atoms with Crippen LogP contribution in [0.25, 0.3) is 0 Å². The van der Waals surface area contributed by atoms with Crippen molar-refractivity contribution in [1.29, 1.82) is 0 Å². The fourth-order valence-electron chi connectivity index (χ4n) is 1.18. The smallest absolute Gasteiger partial charge is 0.0562 e. The van der Waals surface area contributed by atoms with Crippen LogP contribution in [0.2, 0.25) is 0 Å². The Morgan fingerprint density at radius 3 is 2.00 bits per heavy atom. The number of nitrogens with zero attached hydrogens (tertiary/aromatic N) is 1. The van der Waals surface area contributed by atoms with Crippen molar-refractivity contribution in [2.24, 2.45) is 0 Å². The molecule has 0 rings (SSSR count). The zero-order chi connectivity index (χ0) is 10.4. The molecule has 0 heterocycles. The zero-order valence-electron chi connectivity index (χ0n) is 10.0. The van der Waals surface area contributed by atoms with E-state index < -0.39 is 0 Å². The van der Waals surface area contributed by atoms with Crippen LogP contribution in [0.15, 0.2) is 0 Å². The molecule has 0 fully saturated rings. The highest BCUT2D eigenvalue weighted by molar-refractivity contribution is 4.60. The summed E-state index contributed by atoms with van der Waals surface area (Å²) in [4.78, 5) is 2.35. The fraction of sp³-hybridized carbons (Fsp3) is 1.00. The van der Waals surface area contributed by atoms with Gasteiger partial charge in [-0.1, -0.05) is 0 Å². The van der Waals surface area contributed by atoms with Crippen molar-refractivity contribution in [2.45, 2.75) is 59.3 Å². The van der Waals surface area contributed by atoms with Crippen molar-refractivity contribution < 1.29 is 4.74 Å². The van der Waals surface area contributed by atoms with E-state index in [4.69, 9.17) is 4.74 Å². The van der Waals surface area contributed by atoms with Gasteiger partial charge in [0, 0.05) is 12.6 Å². The second-order valence-electron chi connectivity index (χ2n) is 4.36. The SMILES string of the molecule is CC(C)OC(C)CCN(C)C(C)C. The molecule has 0 aliphatic carbocycles. The molecule has 13 heavy (non-hydrogen) atoms. The first-order valence-electron chi connectivity index (χ1n) is 5.29. The van der Waals surface area contributed by atoms with Gasteiger partial charge in [0.15, 0.2) is 0 Å². The average Bonchev–Trinajstić information content (AvgIpc) is 1.98. The number of hydrogen-bond donors (Lipinski definition) is 0. The lowest BCUT2D eigenvalue weighted by Gasteiger charge is -2.23. The van der Waals surface area contributed by atoms with Gasteiger partial charge in [-0.15, -0.1) is 0 Å². The molecule has 0 aromatic carbocycles. The highest BCUT2D eigenvalue weighted by Crippen LogP contribution is 2.04. The van der Waals surface area contributed by atoms with Gasteiger partial charge < -0.3 is 9.64 Å². The topological polar surface area (TPSA) is 12.5 Å². The van der Waals surface area contributed by atoms with Gasteiger partial charge >= 0.3 is 0 Å². The van der Waals surface area contributed by atoms with Crippen LogP contribution in [0.4, 0.5) is 0 Å². The third kappa shape index (κ3) is 7.03. The maximum Gasteiger partial charge on any atom is 0.0562 e. The highest BCUT2D eigenvalue weighted by Gasteiger charge is 2.08. The minimum Gasteiger partial charge on any atom is -0.376 e. The molecule has 0 aliphatic heterocycles. The van der Waals surface area contributed by atoms with Crippen molar-refractivity contribution in [3.8, 4) is 0 Å². The molecular formula is C11H25NO. The molecule has 2 nitrogen and oxygen atoms in total. The third-order valence-corrected chi connectivity index (χ3v) is 2.27. The maximum absolute atomic E-state index is 5.65. The molecule has 0 radical (unpaired) electrons. The van der Waals surface area contributed by atoms with E-state index in [9.17, 15) is 0 Å². The minimum absolute atomic E-state index is 0.347. The molecule has 0 spiro atoms. The predicted molar refractivity (Wildman–Crippen MR) is 58.1 cm³/mol. The van der Waals surface area contributed by atoms with Gasteiger partial charge in [-0.3, -0.25) is 0 Å². The van der Waals surface area contributed by atoms with Crippen LogP contribution < -0.4 is 0 Å². The Labute approximate surface area is 83.3 Å². The number of rotatable bonds is 6. The largest absolute Gasteiger partial charge is 0.376 e. The lowest BCUT2D eigenvalue weighted by atomic mass is 10.2. The van der Waals surface area contributed by atoms with Gasteiger partial charge in [0.1, 0.15) is 0 Å². The molecule has 0 aromatic rings. The van der Waals surface area contributed by atoms with Gasteiger partial charge in [0.2, 0.25) is 0 Å². The molecule has 1 atom stereocenters. The van der Waals surface area contributed by atoms with E-state index >= 15 is 0 Å². The second kappa shape index (κ2) is 6.39. The maximum atomic E-state index is 5.65. The lowest BCUT2D eigenvalue weighted by Crippen LogP contribution is -2.30. The van der Waals surface area contributed by atoms with E-state index in [0.717, 1.165) is 13.0 Å². The third-order valence-electron chi connectivity index (χ3n) is 2.27. The normalized spacial score (nSPS) is 14.5. The summed E-state index contributed by atoms with van der Waals surface area (Å²) in [5.74, 6) is 0. The Morgan fingerprint density at radius 1 is 1.08 bits per heavy atom. The summed E-state index contributed by atoms with van der Waals surface area (Å²) >= 11 is 0. The van der Waals surface area contributed by atoms with Crippen molar-refractivity contribution >= 4 is 0 Å². The molecule has 0 amide bonds. The molecular weight excluding hydrogens is 162 g/mol. The standard InChI is InChI=1S/C11H25NO/c1-9(2)12(6)8-7-11(5)13-10(3)4/h9-11H,7-8H2,1-6H3. The summed E-state index contributed by atoms with van der Waals surface area (Å²) in [7, 11) is 2.16. The second-order valence-corrected chi connectivity index (χ2v) is 4.36. The quantitative estimate of drug-likeness (QED) is 0.633. The molecule has 0 saturated carbocycles. The summed E-state index contributed by atoms with van der Waals surface area (Å²) in [6, 6.07) is 0.631. The zero-order valence-corrected chi connectivity index (χ0v) is 10.0. The molecule has 0 saturated heterocycles. The first-order valence-corrected chi connectivity index (χ1v) is 5.29. The Hall–Kier alpha value is -0.0800. The summed E-state index contributed by atoms with van der Waals surface area (Å²) in [6.07, 6.45) is 1.84. The molecule has 0 N–H and O–H groups in total. The van der Waals surface area contributed by atoms with Crippen LogP contribution in [0.3, 0.4) is 0 Å². The fourth-order valence-corrected chi connectivity index (χ4v) is 1.18. The first kappa shape index (κ1) is 12.9. The molecule has 2 heteroatoms. The average molecular weight is 187 g/mol. The number of hydrogen-bond acceptors (Lipinski definition) is 2. The summed E-state index contributed by atoms with van der Waals surface area (Å²) in [6.45, 7) is 11.9. The highest BCUT2D eigenvalue weighted by atomic mass is 16.5. The first-order chi connectivity index (χ1) is 5.93. The van der Waals surface area contributed by atoms with Gasteiger partial charge in [-0.2, -0.15) is 0 Å². The van der Waals surface area contributed by atoms with Crippen molar-refractivity contribution in [3.05, 3.63) is 0 Å². The Bertz CT molecular complexity index is 123. The van der Waals surface area contributed by atoms with E-state index in [1.54, 1.807) is 0 Å². The van der Waals surface area contributed by atoms with Crippen molar-refractivity contribution in [2.75, 3.05) is 13.6 Å². The van der Waals surface area contributed by atoms with Crippen molar-refractivity contribution in [3.63, 3.8) is 0 Å². The van der Waals surface area contributed by atoms with Crippen LogP contribution in [0.1, 0.15) is 41.0 Å². The van der Waals surface area contributed by atoms with Crippen LogP contribution in [-0.4, -0.2) is 36.7 Å². The Morgan fingerprint density at radius 2 is 1.62 bits per heavy atom. The van der Waals surface area contributed by atoms with Gasteiger partial charge in [-0.25, -0.2) is 0 Å². The predicted octanol–water partition coefficient (Wildman–Crippen LogP) is 2.53. The summed E-state index contributed by atoms with van der Waals surface area (Å²) in [5, 5.41) is 0. The van der Waals surface area contributed by atoms with Gasteiger partial charge in [0.25, 0.3) is 0 Å². The van der Waals surface area contributed by atoms with E-state index in [1.165, 1.54) is 0 Å². The van der Waals surface area contributed by atoms with Crippen molar-refractivity contribution in [1.82, 2.24) is 4.90 Å². The summed E-state index contributed by atoms with van der Waals surface area (Å²) in [5.41, 5.74) is 0. The van der Waals surface area contributed by atoms with E-state index in [0.29, 0.717) is 18.2 Å². The van der Waals surface area contributed by atoms with Gasteiger partial charge in [-0.05, 0) is 48.1 Å². The number of ether oxygens (including phenoxy) is 1. The lowest BCUT2D eigenvalue weighted by molar-refractivity contribution is 0.00910.